The van der Waals surface area contributed by atoms with Crippen LogP contribution in [0.5, 0.6) is 0 Å². The van der Waals surface area contributed by atoms with Crippen molar-refractivity contribution < 1.29 is 23.5 Å². The second-order valence-corrected chi connectivity index (χ2v) is 9.02. The second kappa shape index (κ2) is 10.4. The number of fused-ring (bicyclic) bond motifs is 1. The van der Waals surface area contributed by atoms with Crippen molar-refractivity contribution in [3.63, 3.8) is 0 Å². The minimum absolute atomic E-state index is 0.0656. The first-order chi connectivity index (χ1) is 18.0. The molecule has 2 N–H and O–H groups in total. The highest BCUT2D eigenvalue weighted by Crippen LogP contribution is 2.38. The number of aldehydes is 1. The molecular formula is C26H26FN5O5. The van der Waals surface area contributed by atoms with Gasteiger partial charge in [-0.25, -0.2) is 9.18 Å². The zero-order chi connectivity index (χ0) is 25.9. The van der Waals surface area contributed by atoms with Gasteiger partial charge >= 0.3 is 5.97 Å². The lowest BCUT2D eigenvalue weighted by atomic mass is 10.1. The highest BCUT2D eigenvalue weighted by molar-refractivity contribution is 5.93. The van der Waals surface area contributed by atoms with E-state index in [4.69, 9.17) is 4.42 Å². The number of nitrogens with zero attached hydrogens (tertiary/aromatic N) is 4. The molecule has 5 rings (SSSR count). The van der Waals surface area contributed by atoms with Crippen molar-refractivity contribution in [2.45, 2.75) is 25.0 Å². The molecule has 1 unspecified atom stereocenters. The summed E-state index contributed by atoms with van der Waals surface area (Å²) in [6.07, 6.45) is 9.79. The molecule has 0 spiro atoms. The maximum Gasteiger partial charge on any atom is 0.341 e. The molecule has 1 aliphatic carbocycles. The Hall–Kier alpha value is -4.25. The van der Waals surface area contributed by atoms with E-state index in [1.807, 2.05) is 15.9 Å². The van der Waals surface area contributed by atoms with Crippen molar-refractivity contribution in [2.75, 3.05) is 31.1 Å². The predicted octanol–water partition coefficient (Wildman–Crippen LogP) is 2.70. The van der Waals surface area contributed by atoms with E-state index in [9.17, 15) is 19.5 Å². The van der Waals surface area contributed by atoms with Crippen LogP contribution in [-0.4, -0.2) is 65.4 Å². The molecule has 11 heteroatoms. The van der Waals surface area contributed by atoms with E-state index in [-0.39, 0.29) is 17.0 Å². The van der Waals surface area contributed by atoms with Crippen molar-refractivity contribution in [1.82, 2.24) is 14.9 Å². The van der Waals surface area contributed by atoms with E-state index in [1.165, 1.54) is 12.4 Å². The number of benzene rings is 1. The first-order valence-corrected chi connectivity index (χ1v) is 12.0. The third-order valence-corrected chi connectivity index (χ3v) is 6.62. The number of nitrogens with one attached hydrogen (secondary N) is 1. The number of pyridine rings is 1. The molecule has 1 saturated carbocycles. The van der Waals surface area contributed by atoms with Gasteiger partial charge in [-0.05, 0) is 49.3 Å². The molecule has 2 aromatic heterocycles. The van der Waals surface area contributed by atoms with Gasteiger partial charge in [0.25, 0.3) is 0 Å². The first kappa shape index (κ1) is 24.4. The van der Waals surface area contributed by atoms with Crippen molar-refractivity contribution in [2.24, 2.45) is 5.10 Å². The maximum atomic E-state index is 15.2. The minimum Gasteiger partial charge on any atom is -0.477 e. The van der Waals surface area contributed by atoms with Crippen molar-refractivity contribution in [3.8, 4) is 0 Å². The standard InChI is InChI=1S/C26H26FN5O5/c27-21-13-19-22(32(17-5-6-17)15-20(25(19)34)26(35)36)14-23(21)30-8-10-31(11-9-30)24(16-33)29-28-7-1-3-18-4-2-12-37-18/h1-4,7,12-17,24,29H,5-6,8-11H2,(H,35,36)/b3-1+,28-7?. The number of hydrogen-bond acceptors (Lipinski definition) is 8. The number of allylic oxidation sites excluding steroid dienone is 1. The van der Waals surface area contributed by atoms with Gasteiger partial charge in [0.15, 0.2) is 12.5 Å². The topological polar surface area (TPSA) is 120 Å². The number of aromatic nitrogens is 1. The van der Waals surface area contributed by atoms with Crippen LogP contribution >= 0.6 is 0 Å². The number of carboxylic acids is 1. The Morgan fingerprint density at radius 3 is 2.68 bits per heavy atom. The number of carbonyl (C=O) groups excluding carboxylic acids is 1. The summed E-state index contributed by atoms with van der Waals surface area (Å²) in [6, 6.07) is 6.47. The van der Waals surface area contributed by atoms with Crippen molar-refractivity contribution >= 4 is 41.1 Å². The fourth-order valence-electron chi connectivity index (χ4n) is 4.53. The molecule has 10 nitrogen and oxygen atoms in total. The second-order valence-electron chi connectivity index (χ2n) is 9.02. The number of carbonyl (C=O) groups is 2. The first-order valence-electron chi connectivity index (χ1n) is 12.0. The molecule has 2 aliphatic rings. The Kier molecular flexibility index (Phi) is 6.87. The van der Waals surface area contributed by atoms with Crippen molar-refractivity contribution in [3.05, 3.63) is 70.2 Å². The highest BCUT2D eigenvalue weighted by atomic mass is 19.1. The van der Waals surface area contributed by atoms with Gasteiger partial charge in [0.05, 0.1) is 17.5 Å². The van der Waals surface area contributed by atoms with Gasteiger partial charge in [-0.2, -0.15) is 5.10 Å². The Balaban J connectivity index is 1.29. The summed E-state index contributed by atoms with van der Waals surface area (Å²) in [6.45, 7) is 1.88. The van der Waals surface area contributed by atoms with Gasteiger partial charge in [0.2, 0.25) is 5.43 Å². The normalized spacial score (nSPS) is 17.6. The van der Waals surface area contributed by atoms with Gasteiger partial charge in [-0.1, -0.05) is 0 Å². The van der Waals surface area contributed by atoms with E-state index in [0.717, 1.165) is 25.2 Å². The van der Waals surface area contributed by atoms with Crippen LogP contribution in [-0.2, 0) is 4.79 Å². The van der Waals surface area contributed by atoms with Crippen LogP contribution in [0.3, 0.4) is 0 Å². The molecular weight excluding hydrogens is 481 g/mol. The molecule has 0 amide bonds. The summed E-state index contributed by atoms with van der Waals surface area (Å²) in [4.78, 5) is 39.7. The molecule has 1 atom stereocenters. The van der Waals surface area contributed by atoms with Crippen LogP contribution in [0.4, 0.5) is 10.1 Å². The number of anilines is 1. The van der Waals surface area contributed by atoms with Crippen LogP contribution in [0.1, 0.15) is 35.0 Å². The SMILES string of the molecule is O=CC(NN=C/C=C/c1ccco1)N1CCN(c2cc3c(cc2F)c(=O)c(C(=O)O)cn3C2CC2)CC1. The van der Waals surface area contributed by atoms with Crippen LogP contribution in [0.2, 0.25) is 0 Å². The largest absolute Gasteiger partial charge is 0.477 e. The lowest BCUT2D eigenvalue weighted by Crippen LogP contribution is -2.54. The smallest absolute Gasteiger partial charge is 0.341 e. The average Bonchev–Trinajstić information content (AvgIpc) is 3.61. The molecule has 1 aliphatic heterocycles. The van der Waals surface area contributed by atoms with E-state index in [0.29, 0.717) is 43.1 Å². The van der Waals surface area contributed by atoms with Crippen LogP contribution in [0.25, 0.3) is 17.0 Å². The van der Waals surface area contributed by atoms with Crippen LogP contribution < -0.4 is 15.8 Å². The number of furan rings is 1. The molecule has 37 heavy (non-hydrogen) atoms. The van der Waals surface area contributed by atoms with Crippen molar-refractivity contribution in [1.29, 1.82) is 0 Å². The number of piperazine rings is 1. The summed E-state index contributed by atoms with van der Waals surface area (Å²) in [5, 5.41) is 13.6. The van der Waals surface area contributed by atoms with Crippen LogP contribution in [0, 0.1) is 5.82 Å². The molecule has 1 aromatic carbocycles. The summed E-state index contributed by atoms with van der Waals surface area (Å²) in [7, 11) is 0. The Morgan fingerprint density at radius 2 is 2.03 bits per heavy atom. The fourth-order valence-corrected chi connectivity index (χ4v) is 4.53. The Bertz CT molecular complexity index is 1420. The Morgan fingerprint density at radius 1 is 1.24 bits per heavy atom. The van der Waals surface area contributed by atoms with E-state index < -0.39 is 23.4 Å². The molecule has 192 valence electrons. The summed E-state index contributed by atoms with van der Waals surface area (Å²) in [5.41, 5.74) is 2.66. The van der Waals surface area contributed by atoms with Gasteiger partial charge < -0.3 is 19.0 Å². The number of aromatic carboxylic acids is 1. The summed E-state index contributed by atoms with van der Waals surface area (Å²) >= 11 is 0. The molecule has 3 aromatic rings. The Labute approximate surface area is 211 Å². The molecule has 1 saturated heterocycles. The van der Waals surface area contributed by atoms with E-state index >= 15 is 4.39 Å². The van der Waals surface area contributed by atoms with Gasteiger partial charge in [0, 0.05) is 50.0 Å². The van der Waals surface area contributed by atoms with E-state index in [2.05, 4.69) is 10.5 Å². The van der Waals surface area contributed by atoms with Gasteiger partial charge in [0.1, 0.15) is 17.1 Å². The zero-order valence-corrected chi connectivity index (χ0v) is 19.9. The van der Waals surface area contributed by atoms with Crippen LogP contribution in [0.15, 0.2) is 57.1 Å². The maximum absolute atomic E-state index is 15.2. The lowest BCUT2D eigenvalue weighted by molar-refractivity contribution is -0.113. The minimum atomic E-state index is -1.32. The number of rotatable bonds is 9. The zero-order valence-electron chi connectivity index (χ0n) is 19.9. The predicted molar refractivity (Wildman–Crippen MR) is 136 cm³/mol. The molecule has 2 fully saturated rings. The number of hydrogen-bond donors (Lipinski definition) is 2. The molecule has 3 heterocycles. The molecule has 0 bridgehead atoms. The van der Waals surface area contributed by atoms with Gasteiger partial charge in [-0.3, -0.25) is 19.9 Å². The number of halogens is 1. The third kappa shape index (κ3) is 5.17. The highest BCUT2D eigenvalue weighted by Gasteiger charge is 2.29. The summed E-state index contributed by atoms with van der Waals surface area (Å²) < 4.78 is 22.2. The van der Waals surface area contributed by atoms with E-state index in [1.54, 1.807) is 35.1 Å². The summed E-state index contributed by atoms with van der Waals surface area (Å²) in [5.74, 6) is -1.22. The quantitative estimate of drug-likeness (QED) is 0.258. The third-order valence-electron chi connectivity index (χ3n) is 6.62. The average molecular weight is 508 g/mol. The fraction of sp³-hybridized carbons (Fsp3) is 0.308. The lowest BCUT2D eigenvalue weighted by Gasteiger charge is -2.38. The molecule has 0 radical (unpaired) electrons. The number of carboxylic acid groups (broad SMARTS) is 1. The van der Waals surface area contributed by atoms with Gasteiger partial charge in [-0.15, -0.1) is 0 Å². The number of hydrazone groups is 1. The monoisotopic (exact) mass is 507 g/mol.